The molecule has 1 saturated carbocycles. The Bertz CT molecular complexity index is 1660. The number of benzene rings is 4. The zero-order valence-corrected chi connectivity index (χ0v) is 35.5. The van der Waals surface area contributed by atoms with Crippen LogP contribution in [0.2, 0.25) is 0 Å². The number of nitrogens with zero attached hydrogens (tertiary/aromatic N) is 2. The number of amides is 2. The molecule has 0 aromatic heterocycles. The van der Waals surface area contributed by atoms with E-state index in [9.17, 15) is 29.4 Å². The number of carboxylic acid groups (broad SMARTS) is 2. The van der Waals surface area contributed by atoms with Gasteiger partial charge in [0, 0.05) is 38.1 Å². The molecular formula is C42H44N2Na2O8. The van der Waals surface area contributed by atoms with Gasteiger partial charge in [-0.1, -0.05) is 74.5 Å². The molecule has 272 valence electrons. The maximum Gasteiger partial charge on any atom is 1.00 e. The Hall–Kier alpha value is -3.64. The van der Waals surface area contributed by atoms with Gasteiger partial charge < -0.3 is 39.1 Å². The summed E-state index contributed by atoms with van der Waals surface area (Å²) in [5.74, 6) is -4.83. The monoisotopic (exact) mass is 750 g/mol. The molecule has 1 aliphatic carbocycles. The second kappa shape index (κ2) is 22.0. The molecule has 10 nitrogen and oxygen atoms in total. The van der Waals surface area contributed by atoms with E-state index in [1.54, 1.807) is 9.80 Å². The van der Waals surface area contributed by atoms with Gasteiger partial charge in [0.25, 0.3) is 0 Å². The van der Waals surface area contributed by atoms with Gasteiger partial charge in [-0.3, -0.25) is 9.59 Å². The predicted octanol–water partition coefficient (Wildman–Crippen LogP) is -0.785. The maximum atomic E-state index is 14.4. The fourth-order valence-corrected chi connectivity index (χ4v) is 7.05. The fourth-order valence-electron chi connectivity index (χ4n) is 7.05. The van der Waals surface area contributed by atoms with Gasteiger partial charge in [-0.05, 0) is 97.2 Å². The van der Waals surface area contributed by atoms with Crippen LogP contribution in [0.5, 0.6) is 23.0 Å². The van der Waals surface area contributed by atoms with Crippen molar-refractivity contribution in [1.82, 2.24) is 9.80 Å². The standard InChI is InChI=1S/C42H46N2O8.2Na/c1-3-23-43(27-29-15-19-33(20-16-29)51-31-11-7-5-8-12-31)41(49)39-35(25-37(45)46)36(26-38(47)48)40(39)42(50)44(24-4-2)28-30-17-21-34(22-18-30)52-32-13-9-6-10-14-32;;/h5-22,35-36,39-40H,3-4,23-28H2,1-2H3,(H,45,46)(H,47,48);;/q;2*+1/p-2/t35-,36-,39-,40-;;/m1../s1. The van der Waals surface area contributed by atoms with Gasteiger partial charge in [-0.15, -0.1) is 0 Å². The first-order valence-electron chi connectivity index (χ1n) is 17.8. The molecule has 0 aliphatic heterocycles. The molecule has 5 rings (SSSR count). The van der Waals surface area contributed by atoms with Crippen molar-refractivity contribution >= 4 is 23.8 Å². The number of ether oxygens (including phenoxy) is 2. The van der Waals surface area contributed by atoms with Crippen LogP contribution in [0.4, 0.5) is 0 Å². The van der Waals surface area contributed by atoms with E-state index in [4.69, 9.17) is 9.47 Å². The van der Waals surface area contributed by atoms with Gasteiger partial charge in [-0.2, -0.15) is 0 Å². The molecule has 0 radical (unpaired) electrons. The molecule has 0 unspecified atom stereocenters. The van der Waals surface area contributed by atoms with E-state index in [0.29, 0.717) is 48.9 Å². The fraction of sp³-hybridized carbons (Fsp3) is 0.333. The third-order valence-electron chi connectivity index (χ3n) is 9.40. The van der Waals surface area contributed by atoms with Crippen molar-refractivity contribution < 1.29 is 98.0 Å². The normalized spacial score (nSPS) is 17.1. The van der Waals surface area contributed by atoms with E-state index in [1.807, 2.05) is 123 Å². The summed E-state index contributed by atoms with van der Waals surface area (Å²) in [6.45, 7) is 5.01. The van der Waals surface area contributed by atoms with E-state index in [2.05, 4.69) is 0 Å². The third-order valence-corrected chi connectivity index (χ3v) is 9.40. The molecule has 1 aliphatic rings. The quantitative estimate of drug-likeness (QED) is 0.121. The van der Waals surface area contributed by atoms with Crippen LogP contribution in [0.15, 0.2) is 109 Å². The van der Waals surface area contributed by atoms with Crippen molar-refractivity contribution in [3.05, 3.63) is 120 Å². The summed E-state index contributed by atoms with van der Waals surface area (Å²) < 4.78 is 11.8. The minimum atomic E-state index is -1.41. The molecule has 0 saturated heterocycles. The van der Waals surface area contributed by atoms with E-state index in [0.717, 1.165) is 11.1 Å². The molecule has 12 heteroatoms. The average molecular weight is 751 g/mol. The summed E-state index contributed by atoms with van der Waals surface area (Å²) in [6, 6.07) is 33.4. The zero-order valence-electron chi connectivity index (χ0n) is 31.5. The van der Waals surface area contributed by atoms with E-state index in [1.165, 1.54) is 0 Å². The van der Waals surface area contributed by atoms with Crippen molar-refractivity contribution in [2.24, 2.45) is 23.7 Å². The topological polar surface area (TPSA) is 139 Å². The van der Waals surface area contributed by atoms with Crippen molar-refractivity contribution in [1.29, 1.82) is 0 Å². The Morgan fingerprint density at radius 1 is 0.519 bits per heavy atom. The van der Waals surface area contributed by atoms with Crippen LogP contribution in [0.25, 0.3) is 0 Å². The SMILES string of the molecule is CCCN(Cc1ccc(Oc2ccccc2)cc1)C(=O)[C@@H]1[C@H](CC(=O)[O-])[C@@H](CC(=O)[O-])[C@H]1C(=O)N(CCC)Cc1ccc(Oc2ccccc2)cc1.[Na+].[Na+]. The van der Waals surface area contributed by atoms with Crippen LogP contribution < -0.4 is 78.8 Å². The number of rotatable bonds is 18. The third kappa shape index (κ3) is 12.2. The van der Waals surface area contributed by atoms with Gasteiger partial charge in [-0.25, -0.2) is 0 Å². The Morgan fingerprint density at radius 3 is 1.13 bits per heavy atom. The summed E-state index contributed by atoms with van der Waals surface area (Å²) in [5, 5.41) is 23.9. The average Bonchev–Trinajstić information content (AvgIpc) is 3.13. The molecule has 4 aromatic carbocycles. The Labute approximate surface area is 361 Å². The largest absolute Gasteiger partial charge is 1.00 e. The van der Waals surface area contributed by atoms with E-state index >= 15 is 0 Å². The number of aliphatic carboxylic acids is 2. The van der Waals surface area contributed by atoms with Crippen LogP contribution in [0, 0.1) is 23.7 Å². The second-order valence-electron chi connectivity index (χ2n) is 13.2. The van der Waals surface area contributed by atoms with Gasteiger partial charge in [0.15, 0.2) is 0 Å². The summed E-state index contributed by atoms with van der Waals surface area (Å²) >= 11 is 0. The summed E-state index contributed by atoms with van der Waals surface area (Å²) in [6.07, 6.45) is 0.151. The summed E-state index contributed by atoms with van der Waals surface area (Å²) in [4.78, 5) is 56.0. The number of carbonyl (C=O) groups excluding carboxylic acids is 4. The first-order chi connectivity index (χ1) is 25.2. The molecule has 0 bridgehead atoms. The molecule has 0 heterocycles. The van der Waals surface area contributed by atoms with E-state index in [-0.39, 0.29) is 84.0 Å². The molecular weight excluding hydrogens is 706 g/mol. The van der Waals surface area contributed by atoms with Gasteiger partial charge >= 0.3 is 59.1 Å². The minimum absolute atomic E-state index is 0. The summed E-state index contributed by atoms with van der Waals surface area (Å²) in [5.41, 5.74) is 1.64. The number of hydrogen-bond acceptors (Lipinski definition) is 8. The van der Waals surface area contributed by atoms with Crippen LogP contribution in [0.1, 0.15) is 50.7 Å². The van der Waals surface area contributed by atoms with Crippen molar-refractivity contribution in [2.75, 3.05) is 13.1 Å². The minimum Gasteiger partial charge on any atom is -0.550 e. The van der Waals surface area contributed by atoms with Crippen LogP contribution >= 0.6 is 0 Å². The Kier molecular flexibility index (Phi) is 18.3. The molecule has 0 spiro atoms. The van der Waals surface area contributed by atoms with Crippen molar-refractivity contribution in [3.63, 3.8) is 0 Å². The molecule has 54 heavy (non-hydrogen) atoms. The van der Waals surface area contributed by atoms with Crippen LogP contribution in [-0.2, 0) is 32.3 Å². The number of hydrogen-bond donors (Lipinski definition) is 0. The van der Waals surface area contributed by atoms with E-state index < -0.39 is 48.5 Å². The molecule has 0 N–H and O–H groups in total. The van der Waals surface area contributed by atoms with Gasteiger partial charge in [0.1, 0.15) is 23.0 Å². The van der Waals surface area contributed by atoms with Gasteiger partial charge in [0.2, 0.25) is 11.8 Å². The maximum absolute atomic E-state index is 14.4. The van der Waals surface area contributed by atoms with Gasteiger partial charge in [0.05, 0.1) is 11.8 Å². The summed E-state index contributed by atoms with van der Waals surface area (Å²) in [7, 11) is 0. The number of carboxylic acids is 2. The van der Waals surface area contributed by atoms with Crippen LogP contribution in [-0.4, -0.2) is 46.6 Å². The van der Waals surface area contributed by atoms with Crippen molar-refractivity contribution in [2.45, 2.75) is 52.6 Å². The zero-order chi connectivity index (χ0) is 37.0. The Balaban J connectivity index is 0.00000392. The number of para-hydroxylation sites is 2. The van der Waals surface area contributed by atoms with Crippen LogP contribution in [0.3, 0.4) is 0 Å². The smallest absolute Gasteiger partial charge is 0.550 e. The molecule has 1 fully saturated rings. The molecule has 2 amide bonds. The molecule has 4 aromatic rings. The first kappa shape index (κ1) is 44.8. The second-order valence-corrected chi connectivity index (χ2v) is 13.2. The number of carbonyl (C=O) groups is 4. The van der Waals surface area contributed by atoms with Crippen molar-refractivity contribution in [3.8, 4) is 23.0 Å². The predicted molar refractivity (Wildman–Crippen MR) is 191 cm³/mol. The molecule has 4 atom stereocenters. The Morgan fingerprint density at radius 2 is 0.833 bits per heavy atom. The first-order valence-corrected chi connectivity index (χ1v) is 17.8.